The molecule has 2 nitrogen and oxygen atoms in total. The molecule has 2 rings (SSSR count). The summed E-state index contributed by atoms with van der Waals surface area (Å²) in [7, 11) is 0. The van der Waals surface area contributed by atoms with Crippen LogP contribution in [0.3, 0.4) is 0 Å². The van der Waals surface area contributed by atoms with Crippen molar-refractivity contribution >= 4 is 5.69 Å². The van der Waals surface area contributed by atoms with Crippen LogP contribution in [-0.2, 0) is 6.42 Å². The van der Waals surface area contributed by atoms with E-state index in [1.54, 1.807) is 18.2 Å². The summed E-state index contributed by atoms with van der Waals surface area (Å²) >= 11 is 0. The van der Waals surface area contributed by atoms with Gasteiger partial charge in [0.05, 0.1) is 11.6 Å². The van der Waals surface area contributed by atoms with Gasteiger partial charge in [-0.1, -0.05) is 12.1 Å². The Morgan fingerprint density at radius 3 is 2.45 bits per heavy atom. The molecule has 0 aliphatic carbocycles. The van der Waals surface area contributed by atoms with E-state index in [1.807, 2.05) is 13.0 Å². The van der Waals surface area contributed by atoms with Crippen molar-refractivity contribution in [1.29, 1.82) is 5.26 Å². The second-order valence-corrected chi connectivity index (χ2v) is 4.72. The summed E-state index contributed by atoms with van der Waals surface area (Å²) < 4.78 is 26.1. The Kier molecular flexibility index (Phi) is 4.31. The van der Waals surface area contributed by atoms with E-state index in [9.17, 15) is 8.78 Å². The molecule has 0 radical (unpaired) electrons. The molecular weight excluding hydrogens is 258 g/mol. The molecule has 2 aromatic rings. The Morgan fingerprint density at radius 1 is 1.10 bits per heavy atom. The molecule has 0 aliphatic heterocycles. The number of anilines is 1. The molecule has 0 saturated heterocycles. The zero-order valence-corrected chi connectivity index (χ0v) is 11.0. The van der Waals surface area contributed by atoms with Crippen LogP contribution in [0.25, 0.3) is 0 Å². The number of rotatable bonds is 4. The summed E-state index contributed by atoms with van der Waals surface area (Å²) in [5, 5.41) is 11.9. The number of nitriles is 1. The number of nitrogens with one attached hydrogen (secondary N) is 1. The van der Waals surface area contributed by atoms with Gasteiger partial charge in [-0.25, -0.2) is 8.78 Å². The highest BCUT2D eigenvalue weighted by molar-refractivity contribution is 5.50. The van der Waals surface area contributed by atoms with Crippen molar-refractivity contribution in [3.63, 3.8) is 0 Å². The molecule has 0 amide bonds. The van der Waals surface area contributed by atoms with Crippen molar-refractivity contribution in [2.75, 3.05) is 5.32 Å². The summed E-state index contributed by atoms with van der Waals surface area (Å²) in [5.41, 5.74) is 1.83. The Balaban J connectivity index is 2.04. The minimum Gasteiger partial charge on any atom is -0.382 e. The molecule has 0 bridgehead atoms. The van der Waals surface area contributed by atoms with Gasteiger partial charge in [-0.15, -0.1) is 0 Å². The van der Waals surface area contributed by atoms with Crippen LogP contribution in [0.2, 0.25) is 0 Å². The van der Waals surface area contributed by atoms with Crippen LogP contribution in [0.15, 0.2) is 42.5 Å². The van der Waals surface area contributed by atoms with Crippen LogP contribution in [-0.4, -0.2) is 6.04 Å². The van der Waals surface area contributed by atoms with Gasteiger partial charge in [-0.2, -0.15) is 5.26 Å². The lowest BCUT2D eigenvalue weighted by Crippen LogP contribution is -2.18. The third kappa shape index (κ3) is 3.79. The lowest BCUT2D eigenvalue weighted by molar-refractivity contribution is 0.625. The molecule has 4 heteroatoms. The van der Waals surface area contributed by atoms with Crippen LogP contribution < -0.4 is 5.32 Å². The van der Waals surface area contributed by atoms with Gasteiger partial charge in [-0.05, 0) is 49.2 Å². The zero-order valence-electron chi connectivity index (χ0n) is 11.0. The molecule has 0 aliphatic rings. The molecule has 1 N–H and O–H groups in total. The summed E-state index contributed by atoms with van der Waals surface area (Å²) in [6, 6.07) is 12.4. The first-order valence-corrected chi connectivity index (χ1v) is 6.28. The van der Waals surface area contributed by atoms with Crippen LogP contribution in [0.4, 0.5) is 14.5 Å². The van der Waals surface area contributed by atoms with Gasteiger partial charge in [0.2, 0.25) is 0 Å². The highest BCUT2D eigenvalue weighted by atomic mass is 19.1. The quantitative estimate of drug-likeness (QED) is 0.916. The molecule has 1 atom stereocenters. The summed E-state index contributed by atoms with van der Waals surface area (Å²) in [6.07, 6.45) is 0.679. The van der Waals surface area contributed by atoms with Crippen molar-refractivity contribution in [1.82, 2.24) is 0 Å². The Morgan fingerprint density at radius 2 is 1.80 bits per heavy atom. The van der Waals surface area contributed by atoms with Gasteiger partial charge in [0, 0.05) is 11.7 Å². The molecule has 2 aromatic carbocycles. The number of halogens is 2. The molecule has 0 spiro atoms. The largest absolute Gasteiger partial charge is 0.382 e. The van der Waals surface area contributed by atoms with Crippen LogP contribution in [0.1, 0.15) is 18.1 Å². The topological polar surface area (TPSA) is 35.8 Å². The lowest BCUT2D eigenvalue weighted by atomic mass is 10.1. The fourth-order valence-corrected chi connectivity index (χ4v) is 2.05. The van der Waals surface area contributed by atoms with Crippen molar-refractivity contribution in [3.8, 4) is 6.07 Å². The van der Waals surface area contributed by atoms with E-state index in [2.05, 4.69) is 5.32 Å². The van der Waals surface area contributed by atoms with E-state index in [1.165, 1.54) is 24.3 Å². The van der Waals surface area contributed by atoms with E-state index in [0.717, 1.165) is 5.56 Å². The van der Waals surface area contributed by atoms with Gasteiger partial charge in [0.15, 0.2) is 0 Å². The predicted molar refractivity (Wildman–Crippen MR) is 74.3 cm³/mol. The first kappa shape index (κ1) is 14.0. The maximum Gasteiger partial charge on any atom is 0.126 e. The lowest BCUT2D eigenvalue weighted by Gasteiger charge is -2.15. The van der Waals surface area contributed by atoms with Gasteiger partial charge in [0.25, 0.3) is 0 Å². The number of hydrogen-bond acceptors (Lipinski definition) is 2. The average molecular weight is 272 g/mol. The van der Waals surface area contributed by atoms with Gasteiger partial charge >= 0.3 is 0 Å². The molecule has 0 fully saturated rings. The van der Waals surface area contributed by atoms with E-state index in [-0.39, 0.29) is 17.4 Å². The van der Waals surface area contributed by atoms with Crippen molar-refractivity contribution in [2.24, 2.45) is 0 Å². The van der Waals surface area contributed by atoms with E-state index in [4.69, 9.17) is 5.26 Å². The molecule has 1 unspecified atom stereocenters. The average Bonchev–Trinajstić information content (AvgIpc) is 2.40. The molecule has 0 heterocycles. The van der Waals surface area contributed by atoms with E-state index in [0.29, 0.717) is 12.1 Å². The third-order valence-corrected chi connectivity index (χ3v) is 2.90. The van der Waals surface area contributed by atoms with Crippen LogP contribution in [0.5, 0.6) is 0 Å². The van der Waals surface area contributed by atoms with Crippen molar-refractivity contribution in [2.45, 2.75) is 19.4 Å². The maximum atomic E-state index is 13.3. The molecular formula is C16H14F2N2. The minimum atomic E-state index is -0.444. The van der Waals surface area contributed by atoms with Gasteiger partial charge in [0.1, 0.15) is 11.6 Å². The van der Waals surface area contributed by atoms with E-state index < -0.39 is 5.82 Å². The Hall–Kier alpha value is -2.41. The molecule has 0 saturated carbocycles. The first-order valence-electron chi connectivity index (χ1n) is 6.28. The fraction of sp³-hybridized carbons (Fsp3) is 0.188. The minimum absolute atomic E-state index is 0.0359. The van der Waals surface area contributed by atoms with Crippen LogP contribution in [0, 0.1) is 23.0 Å². The Bertz CT molecular complexity index is 630. The molecule has 102 valence electrons. The van der Waals surface area contributed by atoms with Gasteiger partial charge < -0.3 is 5.32 Å². The highest BCUT2D eigenvalue weighted by Gasteiger charge is 2.06. The highest BCUT2D eigenvalue weighted by Crippen LogP contribution is 2.16. The standard InChI is InChI=1S/C16H14F2N2/c1-11(6-12-2-4-14(17)5-3-12)20-16-8-13(10-19)7-15(18)9-16/h2-5,7-9,11,20H,6H2,1H3. The van der Waals surface area contributed by atoms with Crippen molar-refractivity contribution in [3.05, 3.63) is 65.2 Å². The monoisotopic (exact) mass is 272 g/mol. The second kappa shape index (κ2) is 6.16. The third-order valence-electron chi connectivity index (χ3n) is 2.90. The Labute approximate surface area is 116 Å². The summed E-state index contributed by atoms with van der Waals surface area (Å²) in [5.74, 6) is -0.710. The molecule has 20 heavy (non-hydrogen) atoms. The van der Waals surface area contributed by atoms with E-state index >= 15 is 0 Å². The first-order chi connectivity index (χ1) is 9.56. The number of nitrogens with zero attached hydrogens (tertiary/aromatic N) is 1. The van der Waals surface area contributed by atoms with Crippen LogP contribution >= 0.6 is 0 Å². The number of hydrogen-bond donors (Lipinski definition) is 1. The molecule has 0 aromatic heterocycles. The fourth-order valence-electron chi connectivity index (χ4n) is 2.05. The van der Waals surface area contributed by atoms with Crippen molar-refractivity contribution < 1.29 is 8.78 Å². The summed E-state index contributed by atoms with van der Waals surface area (Å²) in [6.45, 7) is 1.94. The predicted octanol–water partition coefficient (Wildman–Crippen LogP) is 3.88. The second-order valence-electron chi connectivity index (χ2n) is 4.72. The maximum absolute atomic E-state index is 13.3. The van der Waals surface area contributed by atoms with Gasteiger partial charge in [-0.3, -0.25) is 0 Å². The smallest absolute Gasteiger partial charge is 0.126 e. The SMILES string of the molecule is CC(Cc1ccc(F)cc1)Nc1cc(F)cc(C#N)c1. The summed E-state index contributed by atoms with van der Waals surface area (Å²) in [4.78, 5) is 0. The number of benzene rings is 2. The zero-order chi connectivity index (χ0) is 14.5. The normalized spacial score (nSPS) is 11.7.